The maximum atomic E-state index is 4.76. The minimum atomic E-state index is 0. The van der Waals surface area contributed by atoms with Crippen molar-refractivity contribution in [3.05, 3.63) is 96.3 Å². The van der Waals surface area contributed by atoms with Gasteiger partial charge in [0.15, 0.2) is 0 Å². The third-order valence-electron chi connectivity index (χ3n) is 4.58. The Kier molecular flexibility index (Phi) is 17.8. The molecule has 1 aliphatic rings. The van der Waals surface area contributed by atoms with E-state index in [9.17, 15) is 0 Å². The van der Waals surface area contributed by atoms with Crippen molar-refractivity contribution in [3.8, 4) is 0 Å². The number of nitrogens with zero attached hydrogens (tertiary/aromatic N) is 4. The predicted octanol–water partition coefficient (Wildman–Crippen LogP) is 5.82. The molecule has 2 aromatic rings. The molecule has 3 rings (SSSR count). The van der Waals surface area contributed by atoms with E-state index in [1.165, 1.54) is 25.7 Å². The SMILES string of the molecule is CN(C)C[N-][C@@H]1CCCC[C@H]1[N-]CN(C)C.[CH2-]c1ccccc1.[CH2-]c1ccccc1.[Zr]. The van der Waals surface area contributed by atoms with Crippen molar-refractivity contribution in [2.45, 2.75) is 37.8 Å². The fraction of sp³-hybridized carbons (Fsp3) is 0.462. The largest absolute Gasteiger partial charge is 0.648 e. The third-order valence-corrected chi connectivity index (χ3v) is 4.58. The van der Waals surface area contributed by atoms with Gasteiger partial charge in [0, 0.05) is 26.2 Å². The minimum absolute atomic E-state index is 0. The standard InChI is InChI=1S/C12H26N4.2C7H7.Zr/c1-15(2)9-13-11-7-5-6-8-12(11)14-10-16(3)4;2*1-7-5-3-2-4-6-7;/h11-12H,5-10H2,1-4H3;2*2-6H,1H2;/q-2;2*-1;/t11-,12-;;;/m1.../s1. The van der Waals surface area contributed by atoms with Crippen LogP contribution in [0.2, 0.25) is 0 Å². The Bertz CT molecular complexity index is 577. The topological polar surface area (TPSA) is 34.7 Å². The van der Waals surface area contributed by atoms with Gasteiger partial charge in [-0.2, -0.15) is 61.3 Å². The van der Waals surface area contributed by atoms with Gasteiger partial charge >= 0.3 is 0 Å². The molecule has 1 saturated carbocycles. The molecule has 0 bridgehead atoms. The molecule has 0 unspecified atom stereocenters. The molecule has 0 heterocycles. The van der Waals surface area contributed by atoms with Gasteiger partial charge in [-0.05, 0) is 28.2 Å². The monoisotopic (exact) mass is 498 g/mol. The van der Waals surface area contributed by atoms with Crippen molar-refractivity contribution in [2.75, 3.05) is 41.5 Å². The van der Waals surface area contributed by atoms with Crippen LogP contribution in [-0.2, 0) is 26.2 Å². The van der Waals surface area contributed by atoms with Crippen molar-refractivity contribution in [2.24, 2.45) is 0 Å². The first-order valence-electron chi connectivity index (χ1n) is 10.7. The van der Waals surface area contributed by atoms with Crippen LogP contribution in [0.25, 0.3) is 10.6 Å². The van der Waals surface area contributed by atoms with Crippen molar-refractivity contribution in [1.82, 2.24) is 9.80 Å². The zero-order valence-electron chi connectivity index (χ0n) is 19.9. The van der Waals surface area contributed by atoms with Crippen LogP contribution in [0.15, 0.2) is 60.7 Å². The molecule has 1 fully saturated rings. The maximum Gasteiger partial charge on any atom is 0 e. The second-order valence-electron chi connectivity index (χ2n) is 8.20. The summed E-state index contributed by atoms with van der Waals surface area (Å²) in [5, 5.41) is 9.51. The second-order valence-corrected chi connectivity index (χ2v) is 8.20. The smallest absolute Gasteiger partial charge is 0 e. The van der Waals surface area contributed by atoms with Crippen LogP contribution >= 0.6 is 0 Å². The Balaban J connectivity index is 0.000000495. The normalized spacial score (nSPS) is 17.6. The summed E-state index contributed by atoms with van der Waals surface area (Å²) in [7, 11) is 8.27. The van der Waals surface area contributed by atoms with Crippen LogP contribution in [0.4, 0.5) is 0 Å². The summed E-state index contributed by atoms with van der Waals surface area (Å²) in [5.41, 5.74) is 2.14. The van der Waals surface area contributed by atoms with Crippen LogP contribution in [-0.4, -0.2) is 63.4 Å². The Morgan fingerprint density at radius 1 is 0.677 bits per heavy atom. The van der Waals surface area contributed by atoms with Crippen molar-refractivity contribution >= 4 is 0 Å². The Morgan fingerprint density at radius 3 is 1.23 bits per heavy atom. The first-order chi connectivity index (χ1) is 14.4. The average Bonchev–Trinajstić information content (AvgIpc) is 2.73. The summed E-state index contributed by atoms with van der Waals surface area (Å²) in [4.78, 5) is 4.25. The van der Waals surface area contributed by atoms with Gasteiger partial charge in [-0.1, -0.05) is 51.2 Å². The van der Waals surface area contributed by atoms with Crippen LogP contribution in [0.5, 0.6) is 0 Å². The van der Waals surface area contributed by atoms with Crippen LogP contribution in [0, 0.1) is 13.8 Å². The van der Waals surface area contributed by atoms with Gasteiger partial charge in [0.2, 0.25) is 0 Å². The average molecular weight is 500 g/mol. The van der Waals surface area contributed by atoms with E-state index in [1.807, 2.05) is 60.7 Å². The minimum Gasteiger partial charge on any atom is -0.648 e. The van der Waals surface area contributed by atoms with Crippen LogP contribution < -0.4 is 0 Å². The summed E-state index contributed by atoms with van der Waals surface area (Å²) in [6.45, 7) is 9.11. The van der Waals surface area contributed by atoms with Gasteiger partial charge in [0.25, 0.3) is 0 Å². The molecule has 0 spiro atoms. The molecule has 31 heavy (non-hydrogen) atoms. The van der Waals surface area contributed by atoms with E-state index in [-0.39, 0.29) is 26.2 Å². The fourth-order valence-electron chi connectivity index (χ4n) is 3.01. The molecule has 0 aromatic heterocycles. The van der Waals surface area contributed by atoms with Crippen LogP contribution in [0.3, 0.4) is 0 Å². The summed E-state index contributed by atoms with van der Waals surface area (Å²) < 4.78 is 0. The summed E-state index contributed by atoms with van der Waals surface area (Å²) in [5.74, 6) is 0. The zero-order chi connectivity index (χ0) is 22.2. The molecular formula is C26H40N4Zr-4. The Morgan fingerprint density at radius 2 is 1.00 bits per heavy atom. The number of hydrogen-bond donors (Lipinski definition) is 0. The molecule has 2 atom stereocenters. The first-order valence-corrected chi connectivity index (χ1v) is 10.7. The van der Waals surface area contributed by atoms with Crippen molar-refractivity contribution < 1.29 is 26.2 Å². The van der Waals surface area contributed by atoms with E-state index in [0.29, 0.717) is 12.1 Å². The molecule has 0 N–H and O–H groups in total. The van der Waals surface area contributed by atoms with E-state index in [2.05, 4.69) is 51.8 Å². The number of benzene rings is 2. The molecule has 4 nitrogen and oxygen atoms in total. The second kappa shape index (κ2) is 18.5. The molecule has 172 valence electrons. The molecule has 5 heteroatoms. The number of hydrogen-bond acceptors (Lipinski definition) is 2. The van der Waals surface area contributed by atoms with Crippen molar-refractivity contribution in [1.29, 1.82) is 0 Å². The maximum absolute atomic E-state index is 4.76. The van der Waals surface area contributed by atoms with Gasteiger partial charge in [-0.3, -0.25) is 0 Å². The van der Waals surface area contributed by atoms with Gasteiger partial charge in [0.05, 0.1) is 0 Å². The summed E-state index contributed by atoms with van der Waals surface area (Å²) in [6, 6.07) is 20.7. The van der Waals surface area contributed by atoms with Gasteiger partial charge < -0.3 is 20.4 Å². The van der Waals surface area contributed by atoms with E-state index >= 15 is 0 Å². The summed E-state index contributed by atoms with van der Waals surface area (Å²) >= 11 is 0. The van der Waals surface area contributed by atoms with Gasteiger partial charge in [-0.25, -0.2) is 0 Å². The van der Waals surface area contributed by atoms with E-state index in [4.69, 9.17) is 10.6 Å². The molecule has 1 aliphatic carbocycles. The van der Waals surface area contributed by atoms with E-state index in [1.54, 1.807) is 0 Å². The van der Waals surface area contributed by atoms with Crippen LogP contribution in [0.1, 0.15) is 36.8 Å². The molecule has 0 radical (unpaired) electrons. The Labute approximate surface area is 210 Å². The molecule has 0 amide bonds. The zero-order valence-corrected chi connectivity index (χ0v) is 22.3. The van der Waals surface area contributed by atoms with E-state index < -0.39 is 0 Å². The van der Waals surface area contributed by atoms with Gasteiger partial charge in [-0.15, -0.1) is 24.3 Å². The molecule has 2 aromatic carbocycles. The van der Waals surface area contributed by atoms with Crippen molar-refractivity contribution in [3.63, 3.8) is 0 Å². The predicted molar refractivity (Wildman–Crippen MR) is 132 cm³/mol. The summed E-state index contributed by atoms with van der Waals surface area (Å²) in [6.07, 6.45) is 5.07. The third kappa shape index (κ3) is 16.2. The Hall–Kier alpha value is -1.10. The molecular weight excluding hydrogens is 460 g/mol. The quantitative estimate of drug-likeness (QED) is 0.470. The number of rotatable bonds is 6. The molecule has 0 saturated heterocycles. The van der Waals surface area contributed by atoms with Gasteiger partial charge in [0.1, 0.15) is 0 Å². The molecule has 0 aliphatic heterocycles. The fourth-order valence-corrected chi connectivity index (χ4v) is 3.01. The van der Waals surface area contributed by atoms with E-state index in [0.717, 1.165) is 24.5 Å². The first kappa shape index (κ1) is 29.9.